The van der Waals surface area contributed by atoms with E-state index in [1.807, 2.05) is 19.0 Å². The Kier molecular flexibility index (Phi) is 7.11. The van der Waals surface area contributed by atoms with Gasteiger partial charge in [-0.1, -0.05) is 0 Å². The number of pyridine rings is 1. The normalized spacial score (nSPS) is 11.4. The standard InChI is InChI=1S/C19H21F3N4O2/c1-26(2)11-3-9-24-18(28)16-12-13(8-10-23-16)17(27)25-15-6-4-14(5-7-15)19(20,21)22/h4-8,10,12H,3,9,11H2,1-2H3,(H,24,28)(H,25,27). The van der Waals surface area contributed by atoms with Crippen molar-refractivity contribution in [3.63, 3.8) is 0 Å². The quantitative estimate of drug-likeness (QED) is 0.708. The molecule has 0 aliphatic carbocycles. The number of hydrogen-bond acceptors (Lipinski definition) is 4. The SMILES string of the molecule is CN(C)CCCNC(=O)c1cc(C(=O)Nc2ccc(C(F)(F)F)cc2)ccn1. The van der Waals surface area contributed by atoms with Crippen LogP contribution >= 0.6 is 0 Å². The monoisotopic (exact) mass is 394 g/mol. The second-order valence-electron chi connectivity index (χ2n) is 6.37. The van der Waals surface area contributed by atoms with Gasteiger partial charge in [0.05, 0.1) is 5.56 Å². The van der Waals surface area contributed by atoms with Crippen LogP contribution in [0.2, 0.25) is 0 Å². The van der Waals surface area contributed by atoms with Crippen LogP contribution in [0.3, 0.4) is 0 Å². The van der Waals surface area contributed by atoms with Gasteiger partial charge in [-0.2, -0.15) is 13.2 Å². The third-order valence-corrected chi connectivity index (χ3v) is 3.79. The molecule has 6 nitrogen and oxygen atoms in total. The van der Waals surface area contributed by atoms with Crippen molar-refractivity contribution in [1.82, 2.24) is 15.2 Å². The van der Waals surface area contributed by atoms with E-state index < -0.39 is 23.6 Å². The Labute approximate surface area is 160 Å². The summed E-state index contributed by atoms with van der Waals surface area (Å²) in [5, 5.41) is 5.22. The zero-order valence-electron chi connectivity index (χ0n) is 15.5. The van der Waals surface area contributed by atoms with Crippen LogP contribution in [0.4, 0.5) is 18.9 Å². The summed E-state index contributed by atoms with van der Waals surface area (Å²) in [4.78, 5) is 30.4. The van der Waals surface area contributed by atoms with Crippen molar-refractivity contribution in [2.24, 2.45) is 0 Å². The number of benzene rings is 1. The Hall–Kier alpha value is -2.94. The molecule has 0 aliphatic rings. The molecule has 2 rings (SSSR count). The van der Waals surface area contributed by atoms with E-state index >= 15 is 0 Å². The van der Waals surface area contributed by atoms with Gasteiger partial charge in [0, 0.05) is 24.0 Å². The first kappa shape index (κ1) is 21.4. The van der Waals surface area contributed by atoms with Crippen molar-refractivity contribution >= 4 is 17.5 Å². The molecule has 9 heteroatoms. The number of carbonyl (C=O) groups is 2. The van der Waals surface area contributed by atoms with Crippen LogP contribution < -0.4 is 10.6 Å². The minimum Gasteiger partial charge on any atom is -0.351 e. The largest absolute Gasteiger partial charge is 0.416 e. The van der Waals surface area contributed by atoms with E-state index in [0.29, 0.717) is 6.54 Å². The summed E-state index contributed by atoms with van der Waals surface area (Å²) in [7, 11) is 3.87. The van der Waals surface area contributed by atoms with Gasteiger partial charge in [0.25, 0.3) is 11.8 Å². The van der Waals surface area contributed by atoms with Crippen molar-refractivity contribution in [2.75, 3.05) is 32.5 Å². The first-order valence-electron chi connectivity index (χ1n) is 8.54. The highest BCUT2D eigenvalue weighted by Gasteiger charge is 2.30. The molecule has 0 saturated carbocycles. The Morgan fingerprint density at radius 3 is 2.36 bits per heavy atom. The Balaban J connectivity index is 1.98. The molecule has 0 atom stereocenters. The molecule has 1 aromatic heterocycles. The summed E-state index contributed by atoms with van der Waals surface area (Å²) in [6, 6.07) is 6.85. The lowest BCUT2D eigenvalue weighted by Gasteiger charge is -2.10. The maximum absolute atomic E-state index is 12.6. The molecule has 150 valence electrons. The van der Waals surface area contributed by atoms with Gasteiger partial charge >= 0.3 is 6.18 Å². The van der Waals surface area contributed by atoms with Crippen molar-refractivity contribution in [3.8, 4) is 0 Å². The van der Waals surface area contributed by atoms with Gasteiger partial charge in [0.2, 0.25) is 0 Å². The predicted octanol–water partition coefficient (Wildman–Crippen LogP) is 3.03. The Morgan fingerprint density at radius 2 is 1.75 bits per heavy atom. The maximum atomic E-state index is 12.6. The van der Waals surface area contributed by atoms with Gasteiger partial charge in [-0.15, -0.1) is 0 Å². The second kappa shape index (κ2) is 9.32. The van der Waals surface area contributed by atoms with E-state index in [1.54, 1.807) is 0 Å². The summed E-state index contributed by atoms with van der Waals surface area (Å²) in [5.41, 5.74) is -0.328. The molecule has 28 heavy (non-hydrogen) atoms. The minimum atomic E-state index is -4.44. The molecule has 2 aromatic rings. The maximum Gasteiger partial charge on any atom is 0.416 e. The zero-order chi connectivity index (χ0) is 20.7. The average molecular weight is 394 g/mol. The summed E-state index contributed by atoms with van der Waals surface area (Å²) in [5.74, 6) is -0.952. The summed E-state index contributed by atoms with van der Waals surface area (Å²) >= 11 is 0. The molecule has 0 saturated heterocycles. The lowest BCUT2D eigenvalue weighted by molar-refractivity contribution is -0.137. The number of anilines is 1. The van der Waals surface area contributed by atoms with E-state index in [4.69, 9.17) is 0 Å². The van der Waals surface area contributed by atoms with Gasteiger partial charge in [-0.3, -0.25) is 14.6 Å². The molecular formula is C19H21F3N4O2. The average Bonchev–Trinajstić information content (AvgIpc) is 2.64. The van der Waals surface area contributed by atoms with Crippen LogP contribution in [-0.4, -0.2) is 48.9 Å². The van der Waals surface area contributed by atoms with Crippen LogP contribution in [0.25, 0.3) is 0 Å². The summed E-state index contributed by atoms with van der Waals surface area (Å²) in [6.45, 7) is 1.30. The highest BCUT2D eigenvalue weighted by Crippen LogP contribution is 2.29. The van der Waals surface area contributed by atoms with Gasteiger partial charge < -0.3 is 15.5 Å². The number of aromatic nitrogens is 1. The third-order valence-electron chi connectivity index (χ3n) is 3.79. The number of alkyl halides is 3. The van der Waals surface area contributed by atoms with E-state index in [0.717, 1.165) is 25.1 Å². The lowest BCUT2D eigenvalue weighted by atomic mass is 10.1. The van der Waals surface area contributed by atoms with E-state index in [1.165, 1.54) is 30.5 Å². The molecule has 2 amide bonds. The zero-order valence-corrected chi connectivity index (χ0v) is 15.5. The van der Waals surface area contributed by atoms with Crippen molar-refractivity contribution in [3.05, 3.63) is 59.4 Å². The molecule has 0 unspecified atom stereocenters. The van der Waals surface area contributed by atoms with Crippen molar-refractivity contribution in [1.29, 1.82) is 0 Å². The molecule has 0 fully saturated rings. The van der Waals surface area contributed by atoms with Crippen LogP contribution in [0, 0.1) is 0 Å². The van der Waals surface area contributed by atoms with Crippen LogP contribution in [0.5, 0.6) is 0 Å². The Morgan fingerprint density at radius 1 is 1.07 bits per heavy atom. The molecule has 2 N–H and O–H groups in total. The summed E-state index contributed by atoms with van der Waals surface area (Å²) < 4.78 is 37.7. The smallest absolute Gasteiger partial charge is 0.351 e. The molecule has 0 aliphatic heterocycles. The second-order valence-corrected chi connectivity index (χ2v) is 6.37. The fraction of sp³-hybridized carbons (Fsp3) is 0.316. The van der Waals surface area contributed by atoms with Crippen LogP contribution in [0.1, 0.15) is 32.8 Å². The van der Waals surface area contributed by atoms with Gasteiger partial charge in [-0.25, -0.2) is 0 Å². The number of rotatable bonds is 7. The van der Waals surface area contributed by atoms with Gasteiger partial charge in [-0.05, 0) is 63.5 Å². The predicted molar refractivity (Wildman–Crippen MR) is 99.1 cm³/mol. The molecule has 0 radical (unpaired) electrons. The fourth-order valence-electron chi connectivity index (χ4n) is 2.33. The topological polar surface area (TPSA) is 74.3 Å². The number of carbonyl (C=O) groups excluding carboxylic acids is 2. The summed E-state index contributed by atoms with van der Waals surface area (Å²) in [6.07, 6.45) is -2.34. The highest BCUT2D eigenvalue weighted by atomic mass is 19.4. The van der Waals surface area contributed by atoms with E-state index in [9.17, 15) is 22.8 Å². The molecule has 0 bridgehead atoms. The van der Waals surface area contributed by atoms with Gasteiger partial charge in [0.15, 0.2) is 0 Å². The molecule has 1 heterocycles. The molecule has 0 spiro atoms. The number of amides is 2. The third kappa shape index (κ3) is 6.34. The first-order chi connectivity index (χ1) is 13.2. The minimum absolute atomic E-state index is 0.0879. The number of nitrogens with one attached hydrogen (secondary N) is 2. The van der Waals surface area contributed by atoms with E-state index in [2.05, 4.69) is 15.6 Å². The van der Waals surface area contributed by atoms with Gasteiger partial charge in [0.1, 0.15) is 5.69 Å². The highest BCUT2D eigenvalue weighted by molar-refractivity contribution is 6.05. The van der Waals surface area contributed by atoms with E-state index in [-0.39, 0.29) is 16.9 Å². The van der Waals surface area contributed by atoms with Crippen molar-refractivity contribution in [2.45, 2.75) is 12.6 Å². The van der Waals surface area contributed by atoms with Crippen LogP contribution in [0.15, 0.2) is 42.6 Å². The number of nitrogens with zero attached hydrogens (tertiary/aromatic N) is 2. The first-order valence-corrected chi connectivity index (χ1v) is 8.54. The fourth-order valence-corrected chi connectivity index (χ4v) is 2.33. The van der Waals surface area contributed by atoms with Crippen molar-refractivity contribution < 1.29 is 22.8 Å². The van der Waals surface area contributed by atoms with Crippen LogP contribution in [-0.2, 0) is 6.18 Å². The number of halogens is 3. The molecule has 1 aromatic carbocycles. The Bertz CT molecular complexity index is 821. The molecular weight excluding hydrogens is 373 g/mol. The number of hydrogen-bond donors (Lipinski definition) is 2. The lowest BCUT2D eigenvalue weighted by Crippen LogP contribution is -2.28.